The number of ether oxygens (including phenoxy) is 1. The highest BCUT2D eigenvalue weighted by atomic mass is 16.5. The van der Waals surface area contributed by atoms with E-state index >= 15 is 0 Å². The monoisotopic (exact) mass is 739 g/mol. The molecule has 0 amide bonds. The molecule has 1 spiro atoms. The maximum atomic E-state index is 9.84. The number of fused-ring (bicyclic) bond motifs is 15. The van der Waals surface area contributed by atoms with E-state index in [0.717, 1.165) is 94.4 Å². The molecule has 10 aromatic rings. The Hall–Kier alpha value is -8.51. The molecule has 8 nitrogen and oxygen atoms in total. The highest BCUT2D eigenvalue weighted by molar-refractivity contribution is 6.11. The van der Waals surface area contributed by atoms with Gasteiger partial charge in [0.15, 0.2) is 5.75 Å². The van der Waals surface area contributed by atoms with E-state index in [2.05, 4.69) is 81.9 Å². The van der Waals surface area contributed by atoms with Crippen molar-refractivity contribution in [3.8, 4) is 52.5 Å². The smallest absolute Gasteiger partial charge is 0.156 e. The Balaban J connectivity index is 1.19. The fraction of sp³-hybridized carbons (Fsp3) is 0.0200. The van der Waals surface area contributed by atoms with Crippen LogP contribution in [0.25, 0.3) is 66.4 Å². The zero-order chi connectivity index (χ0) is 38.7. The fourth-order valence-corrected chi connectivity index (χ4v) is 9.64. The van der Waals surface area contributed by atoms with Crippen molar-refractivity contribution in [2.45, 2.75) is 5.41 Å². The molecule has 0 N–H and O–H groups in total. The molecule has 1 atom stereocenters. The second-order valence-electron chi connectivity index (χ2n) is 14.7. The van der Waals surface area contributed by atoms with Gasteiger partial charge in [-0.25, -0.2) is 0 Å². The Morgan fingerprint density at radius 2 is 1.07 bits per heavy atom. The van der Waals surface area contributed by atoms with Gasteiger partial charge in [-0.3, -0.25) is 9.97 Å². The van der Waals surface area contributed by atoms with Crippen LogP contribution in [0.2, 0.25) is 0 Å². The molecular formula is C50H25N7O. The Morgan fingerprint density at radius 3 is 1.79 bits per heavy atom. The lowest BCUT2D eigenvalue weighted by atomic mass is 9.66. The number of rotatable bonds is 2. The Morgan fingerprint density at radius 1 is 0.483 bits per heavy atom. The van der Waals surface area contributed by atoms with E-state index in [1.807, 2.05) is 97.3 Å². The van der Waals surface area contributed by atoms with Crippen molar-refractivity contribution in [2.75, 3.05) is 0 Å². The quantitative estimate of drug-likeness (QED) is 0.174. The Kier molecular flexibility index (Phi) is 6.31. The largest absolute Gasteiger partial charge is 0.454 e. The van der Waals surface area contributed by atoms with Gasteiger partial charge < -0.3 is 13.9 Å². The van der Waals surface area contributed by atoms with E-state index in [9.17, 15) is 15.8 Å². The number of hydrogen-bond acceptors (Lipinski definition) is 6. The number of pyridine rings is 2. The Bertz CT molecular complexity index is 3540. The summed E-state index contributed by atoms with van der Waals surface area (Å²) >= 11 is 0. The van der Waals surface area contributed by atoms with E-state index in [1.165, 1.54) is 0 Å². The van der Waals surface area contributed by atoms with Crippen LogP contribution < -0.4 is 4.74 Å². The molecule has 12 rings (SSSR count). The predicted octanol–water partition coefficient (Wildman–Crippen LogP) is 10.8. The number of nitrogens with zero attached hydrogens (tertiary/aromatic N) is 7. The van der Waals surface area contributed by atoms with Gasteiger partial charge in [0.2, 0.25) is 0 Å². The zero-order valence-corrected chi connectivity index (χ0v) is 30.5. The SMILES string of the molecule is N#Cc1ccc2c(c1)c1cc(C#N)ccc1n2-c1cnc2c(c1)C1(c3ccccc3Oc3c(-n4c5ccccc5c5cc(C#N)ccc54)cccc31)c1cccnc1-2. The van der Waals surface area contributed by atoms with E-state index in [-0.39, 0.29) is 0 Å². The van der Waals surface area contributed by atoms with Gasteiger partial charge in [-0.1, -0.05) is 54.6 Å². The maximum Gasteiger partial charge on any atom is 0.156 e. The van der Waals surface area contributed by atoms with Crippen LogP contribution in [0.4, 0.5) is 0 Å². The molecule has 266 valence electrons. The fourth-order valence-electron chi connectivity index (χ4n) is 9.64. The third-order valence-electron chi connectivity index (χ3n) is 11.9. The van der Waals surface area contributed by atoms with Crippen LogP contribution in [0.5, 0.6) is 11.5 Å². The zero-order valence-electron chi connectivity index (χ0n) is 30.5. The van der Waals surface area contributed by atoms with Crippen molar-refractivity contribution >= 4 is 43.6 Å². The third kappa shape index (κ3) is 3.98. The molecule has 2 aliphatic rings. The Labute approximate surface area is 330 Å². The summed E-state index contributed by atoms with van der Waals surface area (Å²) in [6.45, 7) is 0. The van der Waals surface area contributed by atoms with Crippen molar-refractivity contribution in [3.05, 3.63) is 191 Å². The molecule has 0 saturated carbocycles. The number of hydrogen-bond donors (Lipinski definition) is 0. The van der Waals surface area contributed by atoms with Crippen LogP contribution in [0.3, 0.4) is 0 Å². The summed E-state index contributed by atoms with van der Waals surface area (Å²) in [5.41, 5.74) is 11.8. The second kappa shape index (κ2) is 11.5. The van der Waals surface area contributed by atoms with Crippen LogP contribution in [-0.4, -0.2) is 19.1 Å². The average molecular weight is 740 g/mol. The van der Waals surface area contributed by atoms with E-state index in [1.54, 1.807) is 0 Å². The molecule has 0 saturated heterocycles. The number of nitriles is 3. The molecule has 0 fully saturated rings. The summed E-state index contributed by atoms with van der Waals surface area (Å²) < 4.78 is 11.5. The van der Waals surface area contributed by atoms with Crippen LogP contribution in [-0.2, 0) is 5.41 Å². The average Bonchev–Trinajstić information content (AvgIpc) is 3.89. The van der Waals surface area contributed by atoms with Crippen LogP contribution in [0.15, 0.2) is 152 Å². The van der Waals surface area contributed by atoms with Gasteiger partial charge in [0.25, 0.3) is 0 Å². The van der Waals surface area contributed by atoms with Gasteiger partial charge in [-0.2, -0.15) is 15.8 Å². The third-order valence-corrected chi connectivity index (χ3v) is 11.9. The lowest BCUT2D eigenvalue weighted by Crippen LogP contribution is -2.32. The highest BCUT2D eigenvalue weighted by Gasteiger charge is 2.53. The minimum absolute atomic E-state index is 0.543. The molecule has 6 aromatic carbocycles. The van der Waals surface area contributed by atoms with Crippen molar-refractivity contribution in [1.82, 2.24) is 19.1 Å². The van der Waals surface area contributed by atoms with Gasteiger partial charge in [0.1, 0.15) is 5.75 Å². The first kappa shape index (κ1) is 31.8. The summed E-state index contributed by atoms with van der Waals surface area (Å²) in [4.78, 5) is 10.2. The van der Waals surface area contributed by atoms with E-state index < -0.39 is 5.41 Å². The molecule has 1 unspecified atom stereocenters. The van der Waals surface area contributed by atoms with Crippen molar-refractivity contribution in [3.63, 3.8) is 0 Å². The highest BCUT2D eigenvalue weighted by Crippen LogP contribution is 2.62. The maximum absolute atomic E-state index is 9.84. The van der Waals surface area contributed by atoms with Crippen LogP contribution in [0.1, 0.15) is 38.9 Å². The minimum atomic E-state index is -0.879. The number of aromatic nitrogens is 4. The molecule has 4 aromatic heterocycles. The van der Waals surface area contributed by atoms with Crippen molar-refractivity contribution in [1.29, 1.82) is 15.8 Å². The first-order chi connectivity index (χ1) is 28.6. The summed E-state index contributed by atoms with van der Waals surface area (Å²) in [5, 5.41) is 33.3. The summed E-state index contributed by atoms with van der Waals surface area (Å²) in [5.74, 6) is 1.44. The standard InChI is InChI=1S/C50H25N7O/c51-25-29-16-19-44-34(21-29)33-7-1-3-11-41(33)57(44)45-12-5-9-39-49(45)58-46-13-4-2-8-37(46)50(39)38-10-6-20-54-47(38)48-40(50)24-32(28-55-48)56-42-17-14-30(26-52)22-35(42)36-23-31(27-53)15-18-43(36)56/h1-24,28H. The van der Waals surface area contributed by atoms with Crippen molar-refractivity contribution in [2.24, 2.45) is 0 Å². The lowest BCUT2D eigenvalue weighted by molar-refractivity contribution is 0.434. The summed E-state index contributed by atoms with van der Waals surface area (Å²) in [7, 11) is 0. The molecule has 0 radical (unpaired) electrons. The molecule has 1 aliphatic heterocycles. The molecule has 8 heteroatoms. The first-order valence-electron chi connectivity index (χ1n) is 18.8. The summed E-state index contributed by atoms with van der Waals surface area (Å²) in [6, 6.07) is 53.3. The second-order valence-corrected chi connectivity index (χ2v) is 14.7. The number of benzene rings is 6. The van der Waals surface area contributed by atoms with Crippen molar-refractivity contribution < 1.29 is 4.74 Å². The van der Waals surface area contributed by atoms with Gasteiger partial charge in [0.05, 0.1) is 91.3 Å². The first-order valence-corrected chi connectivity index (χ1v) is 18.8. The normalized spacial score (nSPS) is 14.7. The van der Waals surface area contributed by atoms with E-state index in [0.29, 0.717) is 22.4 Å². The molecule has 58 heavy (non-hydrogen) atoms. The molecular weight excluding hydrogens is 715 g/mol. The molecule has 1 aliphatic carbocycles. The van der Waals surface area contributed by atoms with Gasteiger partial charge in [-0.05, 0) is 90.5 Å². The summed E-state index contributed by atoms with van der Waals surface area (Å²) in [6.07, 6.45) is 3.71. The minimum Gasteiger partial charge on any atom is -0.454 e. The van der Waals surface area contributed by atoms with Gasteiger partial charge in [0, 0.05) is 44.4 Å². The van der Waals surface area contributed by atoms with E-state index in [4.69, 9.17) is 14.7 Å². The van der Waals surface area contributed by atoms with Crippen LogP contribution in [0, 0.1) is 34.0 Å². The van der Waals surface area contributed by atoms with Crippen LogP contribution >= 0.6 is 0 Å². The predicted molar refractivity (Wildman–Crippen MR) is 222 cm³/mol. The lowest BCUT2D eigenvalue weighted by Gasteiger charge is -2.39. The molecule has 0 bridgehead atoms. The molecule has 5 heterocycles. The van der Waals surface area contributed by atoms with Gasteiger partial charge in [-0.15, -0.1) is 0 Å². The topological polar surface area (TPSA) is 116 Å². The number of para-hydroxylation sites is 3. The van der Waals surface area contributed by atoms with Gasteiger partial charge >= 0.3 is 0 Å².